The van der Waals surface area contributed by atoms with Crippen LogP contribution in [0.2, 0.25) is 0 Å². The number of aromatic nitrogens is 1. The van der Waals surface area contributed by atoms with E-state index in [1.54, 1.807) is 0 Å². The van der Waals surface area contributed by atoms with Gasteiger partial charge in [-0.1, -0.05) is 6.07 Å². The fourth-order valence-electron chi connectivity index (χ4n) is 3.53. The Morgan fingerprint density at radius 1 is 1.12 bits per heavy atom. The summed E-state index contributed by atoms with van der Waals surface area (Å²) in [4.78, 5) is 23.5. The van der Waals surface area contributed by atoms with Crippen molar-refractivity contribution in [3.05, 3.63) is 24.4 Å². The zero-order chi connectivity index (χ0) is 16.1. The summed E-state index contributed by atoms with van der Waals surface area (Å²) in [6, 6.07) is 6.23. The molecule has 3 rings (SSSR count). The van der Waals surface area contributed by atoms with Gasteiger partial charge in [0.25, 0.3) is 0 Å². The molecule has 1 atom stereocenters. The predicted octanol–water partition coefficient (Wildman–Crippen LogP) is 1.39. The lowest BCUT2D eigenvalue weighted by Crippen LogP contribution is -2.54. The largest absolute Gasteiger partial charge is 0.354 e. The third-order valence-corrected chi connectivity index (χ3v) is 4.92. The molecule has 0 aliphatic carbocycles. The van der Waals surface area contributed by atoms with Gasteiger partial charge in [-0.2, -0.15) is 0 Å². The van der Waals surface area contributed by atoms with Gasteiger partial charge >= 0.3 is 0 Å². The van der Waals surface area contributed by atoms with Crippen LogP contribution in [0.5, 0.6) is 0 Å². The molecule has 1 aromatic rings. The third kappa shape index (κ3) is 5.71. The van der Waals surface area contributed by atoms with Gasteiger partial charge in [-0.05, 0) is 31.4 Å². The molecular formula is C17H29Cl2N5O. The smallest absolute Gasteiger partial charge is 0.237 e. The summed E-state index contributed by atoms with van der Waals surface area (Å²) < 4.78 is 0. The van der Waals surface area contributed by atoms with Crippen LogP contribution in [0.1, 0.15) is 19.3 Å². The number of anilines is 1. The Kier molecular flexibility index (Phi) is 9.50. The molecule has 1 aromatic heterocycles. The van der Waals surface area contributed by atoms with Crippen LogP contribution in [-0.4, -0.2) is 72.5 Å². The summed E-state index contributed by atoms with van der Waals surface area (Å²) in [5.41, 5.74) is 5.83. The maximum absolute atomic E-state index is 12.6. The normalized spacial score (nSPS) is 21.2. The first-order valence-corrected chi connectivity index (χ1v) is 8.66. The van der Waals surface area contributed by atoms with E-state index in [2.05, 4.69) is 14.8 Å². The maximum Gasteiger partial charge on any atom is 0.237 e. The standard InChI is InChI=1S/C17H27N5O.2ClH/c18-13-15-5-2-4-8-22(15)17(23)14-20-9-11-21(12-10-20)16-6-1-3-7-19-16;;/h1,3,6-7,15H,2,4-5,8-14,18H2;2*1H. The molecule has 1 unspecified atom stereocenters. The Bertz CT molecular complexity index is 511. The molecule has 8 heteroatoms. The van der Waals surface area contributed by atoms with E-state index in [1.165, 1.54) is 6.42 Å². The van der Waals surface area contributed by atoms with Crippen LogP contribution in [0.3, 0.4) is 0 Å². The summed E-state index contributed by atoms with van der Waals surface area (Å²) in [6.07, 6.45) is 5.17. The number of hydrogen-bond acceptors (Lipinski definition) is 5. The number of piperidine rings is 1. The molecule has 142 valence electrons. The van der Waals surface area contributed by atoms with Gasteiger partial charge in [-0.25, -0.2) is 4.98 Å². The summed E-state index contributed by atoms with van der Waals surface area (Å²) >= 11 is 0. The molecular weight excluding hydrogens is 361 g/mol. The first-order chi connectivity index (χ1) is 11.3. The molecule has 0 aromatic carbocycles. The van der Waals surface area contributed by atoms with E-state index >= 15 is 0 Å². The minimum absolute atomic E-state index is 0. The molecule has 2 aliphatic rings. The SMILES string of the molecule is Cl.Cl.NCC1CCCCN1C(=O)CN1CCN(c2ccccn2)CC1. The van der Waals surface area contributed by atoms with Gasteiger partial charge in [0.05, 0.1) is 6.54 Å². The summed E-state index contributed by atoms with van der Waals surface area (Å²) in [5, 5.41) is 0. The second kappa shape index (κ2) is 10.8. The number of nitrogens with two attached hydrogens (primary N) is 1. The molecule has 6 nitrogen and oxygen atoms in total. The van der Waals surface area contributed by atoms with Gasteiger partial charge in [0.1, 0.15) is 5.82 Å². The number of rotatable bonds is 4. The van der Waals surface area contributed by atoms with Crippen molar-refractivity contribution in [1.29, 1.82) is 0 Å². The highest BCUT2D eigenvalue weighted by molar-refractivity contribution is 5.85. The number of pyridine rings is 1. The molecule has 0 saturated carbocycles. The maximum atomic E-state index is 12.6. The lowest BCUT2D eigenvalue weighted by molar-refractivity contribution is -0.136. The summed E-state index contributed by atoms with van der Waals surface area (Å²) in [5.74, 6) is 1.27. The highest BCUT2D eigenvalue weighted by atomic mass is 35.5. The second-order valence-electron chi connectivity index (χ2n) is 6.42. The topological polar surface area (TPSA) is 65.7 Å². The molecule has 2 N–H and O–H groups in total. The number of nitrogens with zero attached hydrogens (tertiary/aromatic N) is 4. The molecule has 3 heterocycles. The minimum Gasteiger partial charge on any atom is -0.354 e. The fraction of sp³-hybridized carbons (Fsp3) is 0.647. The number of hydrogen-bond donors (Lipinski definition) is 1. The summed E-state index contributed by atoms with van der Waals surface area (Å²) in [7, 11) is 0. The van der Waals surface area contributed by atoms with Crippen molar-refractivity contribution < 1.29 is 4.79 Å². The van der Waals surface area contributed by atoms with E-state index in [0.717, 1.165) is 51.4 Å². The molecule has 0 spiro atoms. The molecule has 1 amide bonds. The average molecular weight is 390 g/mol. The molecule has 2 aliphatic heterocycles. The number of amides is 1. The van der Waals surface area contributed by atoms with Crippen molar-refractivity contribution in [2.75, 3.05) is 50.7 Å². The molecule has 0 bridgehead atoms. The Morgan fingerprint density at radius 2 is 1.88 bits per heavy atom. The van der Waals surface area contributed by atoms with E-state index in [9.17, 15) is 4.79 Å². The van der Waals surface area contributed by atoms with Crippen LogP contribution in [-0.2, 0) is 4.79 Å². The van der Waals surface area contributed by atoms with E-state index < -0.39 is 0 Å². The van der Waals surface area contributed by atoms with Crippen LogP contribution in [0.25, 0.3) is 0 Å². The van der Waals surface area contributed by atoms with Crippen molar-refractivity contribution in [3.63, 3.8) is 0 Å². The van der Waals surface area contributed by atoms with Gasteiger partial charge in [-0.3, -0.25) is 9.69 Å². The molecule has 0 radical (unpaired) electrons. The van der Waals surface area contributed by atoms with E-state index in [0.29, 0.717) is 13.1 Å². The van der Waals surface area contributed by atoms with Crippen LogP contribution >= 0.6 is 24.8 Å². The van der Waals surface area contributed by atoms with E-state index in [4.69, 9.17) is 5.73 Å². The predicted molar refractivity (Wildman–Crippen MR) is 106 cm³/mol. The number of piperazine rings is 1. The number of carbonyl (C=O) groups excluding carboxylic acids is 1. The van der Waals surface area contributed by atoms with Crippen molar-refractivity contribution in [2.45, 2.75) is 25.3 Å². The van der Waals surface area contributed by atoms with Crippen LogP contribution in [0.15, 0.2) is 24.4 Å². The highest BCUT2D eigenvalue weighted by Gasteiger charge is 2.27. The number of carbonyl (C=O) groups is 1. The van der Waals surface area contributed by atoms with E-state index in [-0.39, 0.29) is 36.8 Å². The number of likely N-dealkylation sites (tertiary alicyclic amines) is 1. The Hall–Kier alpha value is -1.08. The van der Waals surface area contributed by atoms with Gasteiger partial charge in [0.2, 0.25) is 5.91 Å². The average Bonchev–Trinajstić information content (AvgIpc) is 2.63. The first-order valence-electron chi connectivity index (χ1n) is 8.66. The fourth-order valence-corrected chi connectivity index (χ4v) is 3.53. The minimum atomic E-state index is 0. The first kappa shape index (κ1) is 22.0. The van der Waals surface area contributed by atoms with Gasteiger partial charge in [-0.15, -0.1) is 24.8 Å². The number of halogens is 2. The Labute approximate surface area is 162 Å². The van der Waals surface area contributed by atoms with Gasteiger partial charge in [0.15, 0.2) is 0 Å². The van der Waals surface area contributed by atoms with Crippen molar-refractivity contribution in [1.82, 2.24) is 14.8 Å². The lowest BCUT2D eigenvalue weighted by atomic mass is 10.0. The zero-order valence-electron chi connectivity index (χ0n) is 14.5. The van der Waals surface area contributed by atoms with Crippen LogP contribution < -0.4 is 10.6 Å². The Balaban J connectivity index is 0.00000156. The van der Waals surface area contributed by atoms with Gasteiger partial charge in [0, 0.05) is 51.5 Å². The van der Waals surface area contributed by atoms with Gasteiger partial charge < -0.3 is 15.5 Å². The monoisotopic (exact) mass is 389 g/mol. The van der Waals surface area contributed by atoms with E-state index in [1.807, 2.05) is 29.3 Å². The lowest BCUT2D eigenvalue weighted by Gasteiger charge is -2.39. The summed E-state index contributed by atoms with van der Waals surface area (Å²) in [6.45, 7) is 5.63. The van der Waals surface area contributed by atoms with Crippen LogP contribution in [0, 0.1) is 0 Å². The van der Waals surface area contributed by atoms with Crippen molar-refractivity contribution >= 4 is 36.5 Å². The third-order valence-electron chi connectivity index (χ3n) is 4.92. The molecule has 2 saturated heterocycles. The molecule has 2 fully saturated rings. The van der Waals surface area contributed by atoms with Crippen molar-refractivity contribution in [3.8, 4) is 0 Å². The van der Waals surface area contributed by atoms with Crippen LogP contribution in [0.4, 0.5) is 5.82 Å². The highest BCUT2D eigenvalue weighted by Crippen LogP contribution is 2.17. The Morgan fingerprint density at radius 3 is 2.52 bits per heavy atom. The quantitative estimate of drug-likeness (QED) is 0.842. The zero-order valence-corrected chi connectivity index (χ0v) is 16.2. The molecule has 25 heavy (non-hydrogen) atoms. The second-order valence-corrected chi connectivity index (χ2v) is 6.42. The van der Waals surface area contributed by atoms with Crippen molar-refractivity contribution in [2.24, 2.45) is 5.73 Å².